The third-order valence-electron chi connectivity index (χ3n) is 2.34. The second kappa shape index (κ2) is 6.65. The zero-order chi connectivity index (χ0) is 11.1. The topological polar surface area (TPSA) is 12.0 Å². The van der Waals surface area contributed by atoms with E-state index in [-0.39, 0.29) is 0 Å². The van der Waals surface area contributed by atoms with Gasteiger partial charge in [0.2, 0.25) is 0 Å². The van der Waals surface area contributed by atoms with Gasteiger partial charge in [0.25, 0.3) is 0 Å². The molecule has 1 atom stereocenters. The Labute approximate surface area is 97.1 Å². The zero-order valence-electron chi connectivity index (χ0n) is 9.17. The molecule has 1 rings (SSSR count). The van der Waals surface area contributed by atoms with Crippen LogP contribution in [0.2, 0.25) is 5.02 Å². The van der Waals surface area contributed by atoms with Gasteiger partial charge in [-0.1, -0.05) is 42.8 Å². The van der Waals surface area contributed by atoms with E-state index in [1.165, 1.54) is 5.56 Å². The molecule has 0 spiro atoms. The predicted molar refractivity (Wildman–Crippen MR) is 67.4 cm³/mol. The highest BCUT2D eigenvalue weighted by Crippen LogP contribution is 2.16. The van der Waals surface area contributed by atoms with E-state index in [9.17, 15) is 0 Å². The van der Waals surface area contributed by atoms with E-state index >= 15 is 0 Å². The molecule has 0 radical (unpaired) electrons. The molecule has 2 heteroatoms. The zero-order valence-corrected chi connectivity index (χ0v) is 9.93. The number of hydrogen-bond donors (Lipinski definition) is 1. The molecule has 0 saturated carbocycles. The molecule has 0 aliphatic carbocycles. The fraction of sp³-hybridized carbons (Fsp3) is 0.385. The minimum Gasteiger partial charge on any atom is -0.310 e. The molecule has 1 unspecified atom stereocenters. The van der Waals surface area contributed by atoms with Crippen molar-refractivity contribution in [2.24, 2.45) is 0 Å². The lowest BCUT2D eigenvalue weighted by atomic mass is 10.1. The molecule has 1 aromatic carbocycles. The van der Waals surface area contributed by atoms with E-state index in [1.807, 2.05) is 24.3 Å². The van der Waals surface area contributed by atoms with Gasteiger partial charge in [-0.15, -0.1) is 6.58 Å². The summed E-state index contributed by atoms with van der Waals surface area (Å²) in [4.78, 5) is 0. The van der Waals surface area contributed by atoms with E-state index in [0.717, 1.165) is 24.4 Å². The van der Waals surface area contributed by atoms with Crippen molar-refractivity contribution in [3.8, 4) is 0 Å². The largest absolute Gasteiger partial charge is 0.310 e. The maximum Gasteiger partial charge on any atom is 0.0438 e. The lowest BCUT2D eigenvalue weighted by molar-refractivity contribution is 0.585. The predicted octanol–water partition coefficient (Wildman–Crippen LogP) is 3.44. The first-order valence-corrected chi connectivity index (χ1v) is 5.75. The number of halogens is 1. The molecule has 0 aliphatic heterocycles. The summed E-state index contributed by atoms with van der Waals surface area (Å²) in [5.41, 5.74) is 1.17. The fourth-order valence-corrected chi connectivity index (χ4v) is 1.68. The molecule has 0 heterocycles. The van der Waals surface area contributed by atoms with Gasteiger partial charge >= 0.3 is 0 Å². The van der Waals surface area contributed by atoms with Crippen LogP contribution in [0.15, 0.2) is 36.9 Å². The maximum atomic E-state index is 6.10. The normalized spacial score (nSPS) is 12.4. The van der Waals surface area contributed by atoms with Crippen LogP contribution < -0.4 is 5.32 Å². The summed E-state index contributed by atoms with van der Waals surface area (Å²) in [5.74, 6) is 0. The Balaban J connectivity index is 2.58. The number of hydrogen-bond acceptors (Lipinski definition) is 1. The minimum absolute atomic E-state index is 0.310. The van der Waals surface area contributed by atoms with Gasteiger partial charge in [0.15, 0.2) is 0 Å². The molecule has 1 aromatic rings. The molecular formula is C13H18ClN. The van der Waals surface area contributed by atoms with Crippen LogP contribution >= 0.6 is 11.6 Å². The monoisotopic (exact) mass is 223 g/mol. The van der Waals surface area contributed by atoms with Gasteiger partial charge in [0.1, 0.15) is 0 Å². The molecule has 1 nitrogen and oxygen atoms in total. The van der Waals surface area contributed by atoms with Crippen LogP contribution in [-0.2, 0) is 6.42 Å². The lowest BCUT2D eigenvalue weighted by Crippen LogP contribution is -2.29. The van der Waals surface area contributed by atoms with E-state index in [1.54, 1.807) is 0 Å². The Morgan fingerprint density at radius 3 is 2.80 bits per heavy atom. The Kier molecular flexibility index (Phi) is 5.44. The molecule has 0 aromatic heterocycles. The molecule has 1 N–H and O–H groups in total. The Morgan fingerprint density at radius 2 is 2.20 bits per heavy atom. The number of nitrogens with one attached hydrogen (secondary N) is 1. The SMILES string of the molecule is C=CC(Cc1ccccc1Cl)NCCC. The minimum atomic E-state index is 0.310. The third-order valence-corrected chi connectivity index (χ3v) is 2.71. The van der Waals surface area contributed by atoms with Crippen LogP contribution in [0.4, 0.5) is 0 Å². The summed E-state index contributed by atoms with van der Waals surface area (Å²) >= 11 is 6.10. The van der Waals surface area contributed by atoms with Crippen molar-refractivity contribution in [1.29, 1.82) is 0 Å². The van der Waals surface area contributed by atoms with Crippen LogP contribution in [0.3, 0.4) is 0 Å². The fourth-order valence-electron chi connectivity index (χ4n) is 1.47. The second-order valence-electron chi connectivity index (χ2n) is 3.59. The van der Waals surface area contributed by atoms with Gasteiger partial charge in [-0.25, -0.2) is 0 Å². The van der Waals surface area contributed by atoms with Crippen LogP contribution in [-0.4, -0.2) is 12.6 Å². The van der Waals surface area contributed by atoms with Crippen molar-refractivity contribution < 1.29 is 0 Å². The van der Waals surface area contributed by atoms with Crippen LogP contribution in [0.25, 0.3) is 0 Å². The maximum absolute atomic E-state index is 6.10. The van der Waals surface area contributed by atoms with Gasteiger partial charge in [-0.3, -0.25) is 0 Å². The van der Waals surface area contributed by atoms with Crippen LogP contribution in [0.1, 0.15) is 18.9 Å². The summed E-state index contributed by atoms with van der Waals surface area (Å²) in [6, 6.07) is 8.27. The summed E-state index contributed by atoms with van der Waals surface area (Å²) < 4.78 is 0. The molecule has 0 fully saturated rings. The summed E-state index contributed by atoms with van der Waals surface area (Å²) in [5, 5.41) is 4.25. The Bertz CT molecular complexity index is 309. The molecule has 0 bridgehead atoms. The average molecular weight is 224 g/mol. The van der Waals surface area contributed by atoms with Gasteiger partial charge in [-0.2, -0.15) is 0 Å². The van der Waals surface area contributed by atoms with Gasteiger partial charge in [-0.05, 0) is 31.0 Å². The van der Waals surface area contributed by atoms with Gasteiger partial charge in [0, 0.05) is 11.1 Å². The molecular weight excluding hydrogens is 206 g/mol. The van der Waals surface area contributed by atoms with Crippen molar-refractivity contribution in [2.75, 3.05) is 6.54 Å². The van der Waals surface area contributed by atoms with Crippen molar-refractivity contribution in [3.05, 3.63) is 47.5 Å². The third kappa shape index (κ3) is 4.06. The average Bonchev–Trinajstić information content (AvgIpc) is 2.26. The highest BCUT2D eigenvalue weighted by Gasteiger charge is 2.06. The first-order valence-electron chi connectivity index (χ1n) is 5.37. The highest BCUT2D eigenvalue weighted by atomic mass is 35.5. The second-order valence-corrected chi connectivity index (χ2v) is 4.00. The summed E-state index contributed by atoms with van der Waals surface area (Å²) in [6.07, 6.45) is 3.98. The summed E-state index contributed by atoms with van der Waals surface area (Å²) in [6.45, 7) is 7.00. The van der Waals surface area contributed by atoms with Crippen molar-refractivity contribution in [3.63, 3.8) is 0 Å². The molecule has 82 valence electrons. The summed E-state index contributed by atoms with van der Waals surface area (Å²) in [7, 11) is 0. The van der Waals surface area contributed by atoms with E-state index in [4.69, 9.17) is 11.6 Å². The number of rotatable bonds is 6. The van der Waals surface area contributed by atoms with E-state index < -0.39 is 0 Å². The van der Waals surface area contributed by atoms with Crippen molar-refractivity contribution in [1.82, 2.24) is 5.32 Å². The molecule has 0 saturated heterocycles. The van der Waals surface area contributed by atoms with Crippen molar-refractivity contribution in [2.45, 2.75) is 25.8 Å². The lowest BCUT2D eigenvalue weighted by Gasteiger charge is -2.14. The van der Waals surface area contributed by atoms with E-state index in [2.05, 4.69) is 24.9 Å². The quantitative estimate of drug-likeness (QED) is 0.729. The first-order chi connectivity index (χ1) is 7.27. The number of benzene rings is 1. The van der Waals surface area contributed by atoms with Crippen LogP contribution in [0.5, 0.6) is 0 Å². The molecule has 0 amide bonds. The smallest absolute Gasteiger partial charge is 0.0438 e. The Morgan fingerprint density at radius 1 is 1.47 bits per heavy atom. The van der Waals surface area contributed by atoms with Gasteiger partial charge in [0.05, 0.1) is 0 Å². The van der Waals surface area contributed by atoms with E-state index in [0.29, 0.717) is 6.04 Å². The highest BCUT2D eigenvalue weighted by molar-refractivity contribution is 6.31. The van der Waals surface area contributed by atoms with Crippen LogP contribution in [0, 0.1) is 0 Å². The Hall–Kier alpha value is -0.790. The standard InChI is InChI=1S/C13H18ClN/c1-3-9-15-12(4-2)10-11-7-5-6-8-13(11)14/h4-8,12,15H,2-3,9-10H2,1H3. The van der Waals surface area contributed by atoms with Gasteiger partial charge < -0.3 is 5.32 Å². The first kappa shape index (κ1) is 12.3. The van der Waals surface area contributed by atoms with Crippen molar-refractivity contribution >= 4 is 11.6 Å². The molecule has 0 aliphatic rings. The molecule has 15 heavy (non-hydrogen) atoms.